The van der Waals surface area contributed by atoms with Crippen molar-refractivity contribution in [3.63, 3.8) is 0 Å². The summed E-state index contributed by atoms with van der Waals surface area (Å²) in [4.78, 5) is 16.3. The molecule has 0 aliphatic carbocycles. The predicted molar refractivity (Wildman–Crippen MR) is 96.0 cm³/mol. The van der Waals surface area contributed by atoms with E-state index in [-0.39, 0.29) is 11.7 Å². The van der Waals surface area contributed by atoms with E-state index in [1.807, 2.05) is 0 Å². The third-order valence-corrected chi connectivity index (χ3v) is 5.33. The van der Waals surface area contributed by atoms with Crippen molar-refractivity contribution in [2.24, 2.45) is 0 Å². The number of hydrogen-bond acceptors (Lipinski definition) is 3. The van der Waals surface area contributed by atoms with Crippen LogP contribution in [0.1, 0.15) is 4.88 Å². The molecular weight excluding hydrogens is 379 g/mol. The largest absolute Gasteiger partial charge is 0.573 e. The molecule has 0 bridgehead atoms. The van der Waals surface area contributed by atoms with Crippen LogP contribution in [0.3, 0.4) is 0 Å². The summed E-state index contributed by atoms with van der Waals surface area (Å²) in [5.41, 5.74) is 0.455. The number of thiophene rings is 1. The second-order valence-electron chi connectivity index (χ2n) is 6.55. The van der Waals surface area contributed by atoms with Gasteiger partial charge >= 0.3 is 6.36 Å². The first-order valence-corrected chi connectivity index (χ1v) is 9.60. The van der Waals surface area contributed by atoms with Gasteiger partial charge in [0, 0.05) is 5.69 Å². The zero-order valence-electron chi connectivity index (χ0n) is 14.6. The van der Waals surface area contributed by atoms with Gasteiger partial charge in [-0.05, 0) is 35.7 Å². The van der Waals surface area contributed by atoms with Crippen LogP contribution in [-0.4, -0.2) is 45.0 Å². The standard InChI is InChI=1S/C18H20F3N3O2S/c19-18(20,21)26-15-5-3-14(4-6-15)22-17(25)13-24-9-7-23(8-10-24)12-16-2-1-11-27-16/h1-6,11H,7-10,12-13H2,(H,22,25)/p+2. The van der Waals surface area contributed by atoms with Crippen molar-refractivity contribution in [1.82, 2.24) is 0 Å². The molecule has 0 spiro atoms. The summed E-state index contributed by atoms with van der Waals surface area (Å²) in [6, 6.07) is 9.38. The van der Waals surface area contributed by atoms with Gasteiger partial charge in [0.15, 0.2) is 6.54 Å². The number of anilines is 1. The van der Waals surface area contributed by atoms with Crippen LogP contribution in [0.5, 0.6) is 5.75 Å². The maximum atomic E-state index is 12.2. The van der Waals surface area contributed by atoms with Crippen molar-refractivity contribution in [2.45, 2.75) is 12.9 Å². The highest BCUT2D eigenvalue weighted by molar-refractivity contribution is 7.09. The van der Waals surface area contributed by atoms with Gasteiger partial charge in [-0.2, -0.15) is 0 Å². The molecule has 5 nitrogen and oxygen atoms in total. The molecule has 3 N–H and O–H groups in total. The number of alkyl halides is 3. The second kappa shape index (κ2) is 8.73. The van der Waals surface area contributed by atoms with Gasteiger partial charge in [-0.25, -0.2) is 0 Å². The first-order chi connectivity index (χ1) is 12.9. The number of piperazine rings is 1. The summed E-state index contributed by atoms with van der Waals surface area (Å²) >= 11 is 1.77. The van der Waals surface area contributed by atoms with E-state index < -0.39 is 6.36 Å². The van der Waals surface area contributed by atoms with Crippen molar-refractivity contribution >= 4 is 22.9 Å². The van der Waals surface area contributed by atoms with Gasteiger partial charge in [-0.15, -0.1) is 24.5 Å². The Hall–Kier alpha value is -2.10. The lowest BCUT2D eigenvalue weighted by molar-refractivity contribution is -1.01. The van der Waals surface area contributed by atoms with Gasteiger partial charge in [0.25, 0.3) is 5.91 Å². The van der Waals surface area contributed by atoms with Gasteiger partial charge in [-0.3, -0.25) is 4.79 Å². The minimum absolute atomic E-state index is 0.142. The van der Waals surface area contributed by atoms with Crippen molar-refractivity contribution in [3.05, 3.63) is 46.7 Å². The molecule has 1 fully saturated rings. The zero-order chi connectivity index (χ0) is 19.3. The minimum Gasteiger partial charge on any atom is -0.406 e. The average molecular weight is 401 g/mol. The third kappa shape index (κ3) is 6.53. The first kappa shape index (κ1) is 19.7. The van der Waals surface area contributed by atoms with Crippen LogP contribution < -0.4 is 19.9 Å². The zero-order valence-corrected chi connectivity index (χ0v) is 15.5. The number of quaternary nitrogens is 2. The molecule has 2 heterocycles. The topological polar surface area (TPSA) is 47.2 Å². The van der Waals surface area contributed by atoms with Crippen LogP contribution in [0.15, 0.2) is 41.8 Å². The van der Waals surface area contributed by atoms with E-state index in [1.165, 1.54) is 38.9 Å². The predicted octanol–water partition coefficient (Wildman–Crippen LogP) is 0.569. The van der Waals surface area contributed by atoms with Crippen LogP contribution in [0.2, 0.25) is 0 Å². The Bertz CT molecular complexity index is 727. The molecule has 0 saturated carbocycles. The van der Waals surface area contributed by atoms with Crippen LogP contribution >= 0.6 is 11.3 Å². The highest BCUT2D eigenvalue weighted by Crippen LogP contribution is 2.23. The number of nitrogens with one attached hydrogen (secondary N) is 3. The van der Waals surface area contributed by atoms with E-state index in [1.54, 1.807) is 11.3 Å². The number of rotatable bonds is 6. The number of amides is 1. The summed E-state index contributed by atoms with van der Waals surface area (Å²) < 4.78 is 40.3. The molecule has 3 rings (SSSR count). The Labute approximate surface area is 159 Å². The lowest BCUT2D eigenvalue weighted by Crippen LogP contribution is -3.28. The molecular formula is C18H22F3N3O2S+2. The van der Waals surface area contributed by atoms with Gasteiger partial charge in [0.05, 0.1) is 4.88 Å². The van der Waals surface area contributed by atoms with Crippen molar-refractivity contribution in [3.8, 4) is 5.75 Å². The van der Waals surface area contributed by atoms with E-state index in [2.05, 4.69) is 27.6 Å². The highest BCUT2D eigenvalue weighted by atomic mass is 32.1. The summed E-state index contributed by atoms with van der Waals surface area (Å²) in [6.07, 6.45) is -4.72. The Morgan fingerprint density at radius 1 is 1.07 bits per heavy atom. The molecule has 1 saturated heterocycles. The van der Waals surface area contributed by atoms with Crippen LogP contribution in [0.25, 0.3) is 0 Å². The molecule has 1 aromatic carbocycles. The number of carbonyl (C=O) groups is 1. The van der Waals surface area contributed by atoms with Gasteiger partial charge < -0.3 is 19.9 Å². The molecule has 2 aromatic rings. The summed E-state index contributed by atoms with van der Waals surface area (Å²) in [7, 11) is 0. The van der Waals surface area contributed by atoms with Crippen molar-refractivity contribution in [1.29, 1.82) is 0 Å². The van der Waals surface area contributed by atoms with E-state index in [0.717, 1.165) is 32.7 Å². The number of halogens is 3. The van der Waals surface area contributed by atoms with Crippen molar-refractivity contribution in [2.75, 3.05) is 38.0 Å². The number of hydrogen-bond donors (Lipinski definition) is 3. The molecule has 0 unspecified atom stereocenters. The fraction of sp³-hybridized carbons (Fsp3) is 0.389. The average Bonchev–Trinajstić information content (AvgIpc) is 3.10. The molecule has 0 radical (unpaired) electrons. The number of ether oxygens (including phenoxy) is 1. The fourth-order valence-electron chi connectivity index (χ4n) is 3.14. The maximum absolute atomic E-state index is 12.2. The summed E-state index contributed by atoms with van der Waals surface area (Å²) in [5.74, 6) is -0.452. The fourth-order valence-corrected chi connectivity index (χ4v) is 3.92. The lowest BCUT2D eigenvalue weighted by atomic mass is 10.2. The van der Waals surface area contributed by atoms with E-state index in [0.29, 0.717) is 12.2 Å². The molecule has 1 amide bonds. The van der Waals surface area contributed by atoms with Crippen LogP contribution in [-0.2, 0) is 11.3 Å². The van der Waals surface area contributed by atoms with Gasteiger partial charge in [0.2, 0.25) is 0 Å². The molecule has 0 atom stereocenters. The molecule has 1 aliphatic heterocycles. The monoisotopic (exact) mass is 401 g/mol. The molecule has 146 valence electrons. The molecule has 9 heteroatoms. The maximum Gasteiger partial charge on any atom is 0.573 e. The SMILES string of the molecule is O=C(C[NH+]1CC[NH+](Cc2cccs2)CC1)Nc1ccc(OC(F)(F)F)cc1. The highest BCUT2D eigenvalue weighted by Gasteiger charge is 2.31. The van der Waals surface area contributed by atoms with E-state index in [4.69, 9.17) is 0 Å². The summed E-state index contributed by atoms with van der Waals surface area (Å²) in [6.45, 7) is 5.27. The Balaban J connectivity index is 1.41. The van der Waals surface area contributed by atoms with Crippen LogP contribution in [0, 0.1) is 0 Å². The third-order valence-electron chi connectivity index (χ3n) is 4.45. The molecule has 1 aromatic heterocycles. The van der Waals surface area contributed by atoms with Gasteiger partial charge in [0.1, 0.15) is 38.5 Å². The first-order valence-electron chi connectivity index (χ1n) is 8.72. The molecule has 27 heavy (non-hydrogen) atoms. The van der Waals surface area contributed by atoms with Crippen molar-refractivity contribution < 1.29 is 32.5 Å². The number of carbonyl (C=O) groups excluding carboxylic acids is 1. The smallest absolute Gasteiger partial charge is 0.406 e. The minimum atomic E-state index is -4.72. The van der Waals surface area contributed by atoms with Crippen LogP contribution in [0.4, 0.5) is 18.9 Å². The normalized spacial score (nSPS) is 20.3. The van der Waals surface area contributed by atoms with Gasteiger partial charge in [-0.1, -0.05) is 6.07 Å². The quantitative estimate of drug-likeness (QED) is 0.663. The van der Waals surface area contributed by atoms with E-state index in [9.17, 15) is 18.0 Å². The summed E-state index contributed by atoms with van der Waals surface area (Å²) in [5, 5.41) is 4.81. The Morgan fingerprint density at radius 2 is 1.74 bits per heavy atom. The Kier molecular flexibility index (Phi) is 6.35. The van der Waals surface area contributed by atoms with E-state index >= 15 is 0 Å². The number of benzene rings is 1. The Morgan fingerprint density at radius 3 is 2.33 bits per heavy atom. The molecule has 1 aliphatic rings. The second-order valence-corrected chi connectivity index (χ2v) is 7.59. The lowest BCUT2D eigenvalue weighted by Gasteiger charge is -2.29.